The van der Waals surface area contributed by atoms with Gasteiger partial charge in [0.05, 0.1) is 10.5 Å². The zero-order valence-corrected chi connectivity index (χ0v) is 16.1. The SMILES string of the molecule is Cc1ccc(S(=O)(=O)Nc2ccc(Oc3c(F)cc(C(F)(F)F)cc3F)cc2)cc1. The third kappa shape index (κ3) is 4.88. The summed E-state index contributed by atoms with van der Waals surface area (Å²) < 4.78 is 97.6. The number of benzene rings is 3. The molecule has 0 aromatic heterocycles. The van der Waals surface area contributed by atoms with Gasteiger partial charge < -0.3 is 4.74 Å². The van der Waals surface area contributed by atoms with Crippen molar-refractivity contribution >= 4 is 15.7 Å². The molecule has 0 aliphatic rings. The molecule has 0 saturated carbocycles. The Morgan fingerprint density at radius 3 is 1.90 bits per heavy atom. The number of hydrogen-bond donors (Lipinski definition) is 1. The summed E-state index contributed by atoms with van der Waals surface area (Å²) in [5.41, 5.74) is -0.444. The molecule has 0 atom stereocenters. The molecule has 0 radical (unpaired) electrons. The van der Waals surface area contributed by atoms with Crippen LogP contribution in [-0.2, 0) is 16.2 Å². The minimum Gasteiger partial charge on any atom is -0.451 e. The highest BCUT2D eigenvalue weighted by Gasteiger charge is 2.33. The average Bonchev–Trinajstić information content (AvgIpc) is 2.65. The summed E-state index contributed by atoms with van der Waals surface area (Å²) in [6.07, 6.45) is -4.91. The van der Waals surface area contributed by atoms with Crippen molar-refractivity contribution in [2.75, 3.05) is 4.72 Å². The van der Waals surface area contributed by atoms with E-state index in [1.54, 1.807) is 12.1 Å². The molecular formula is C20H14F5NO3S. The monoisotopic (exact) mass is 443 g/mol. The first kappa shape index (κ1) is 21.6. The zero-order valence-electron chi connectivity index (χ0n) is 15.3. The van der Waals surface area contributed by atoms with Gasteiger partial charge in [-0.2, -0.15) is 13.2 Å². The largest absolute Gasteiger partial charge is 0.451 e. The molecule has 0 bridgehead atoms. The van der Waals surface area contributed by atoms with Crippen LogP contribution in [0.1, 0.15) is 11.1 Å². The van der Waals surface area contributed by atoms with Gasteiger partial charge in [0.1, 0.15) is 5.75 Å². The molecule has 0 spiro atoms. The minimum absolute atomic E-state index is 0.0438. The lowest BCUT2D eigenvalue weighted by atomic mass is 10.2. The third-order valence-corrected chi connectivity index (χ3v) is 5.38. The van der Waals surface area contributed by atoms with E-state index >= 15 is 0 Å². The van der Waals surface area contributed by atoms with Gasteiger partial charge in [-0.05, 0) is 55.5 Å². The topological polar surface area (TPSA) is 55.4 Å². The van der Waals surface area contributed by atoms with Crippen LogP contribution in [0.3, 0.4) is 0 Å². The summed E-state index contributed by atoms with van der Waals surface area (Å²) in [5, 5.41) is 0. The molecule has 3 rings (SSSR count). The fraction of sp³-hybridized carbons (Fsp3) is 0.100. The van der Waals surface area contributed by atoms with E-state index < -0.39 is 39.1 Å². The highest BCUT2D eigenvalue weighted by atomic mass is 32.2. The first-order chi connectivity index (χ1) is 14.0. The van der Waals surface area contributed by atoms with Crippen molar-refractivity contribution in [2.24, 2.45) is 0 Å². The van der Waals surface area contributed by atoms with Crippen molar-refractivity contribution in [3.8, 4) is 11.5 Å². The Bertz CT molecular complexity index is 1140. The maximum atomic E-state index is 13.9. The second kappa shape index (κ2) is 7.94. The maximum Gasteiger partial charge on any atom is 0.416 e. The summed E-state index contributed by atoms with van der Waals surface area (Å²) in [5.74, 6) is -4.15. The van der Waals surface area contributed by atoms with Crippen LogP contribution in [0, 0.1) is 18.6 Å². The Morgan fingerprint density at radius 1 is 0.867 bits per heavy atom. The summed E-state index contributed by atoms with van der Waals surface area (Å²) >= 11 is 0. The van der Waals surface area contributed by atoms with Crippen molar-refractivity contribution in [3.05, 3.63) is 83.4 Å². The Hall–Kier alpha value is -3.14. The van der Waals surface area contributed by atoms with Gasteiger partial charge in [-0.15, -0.1) is 0 Å². The highest BCUT2D eigenvalue weighted by molar-refractivity contribution is 7.92. The van der Waals surface area contributed by atoms with Crippen LogP contribution in [-0.4, -0.2) is 8.42 Å². The first-order valence-corrected chi connectivity index (χ1v) is 9.88. The number of ether oxygens (including phenoxy) is 1. The smallest absolute Gasteiger partial charge is 0.416 e. The molecule has 0 saturated heterocycles. The minimum atomic E-state index is -4.91. The van der Waals surface area contributed by atoms with Crippen LogP contribution >= 0.6 is 0 Å². The van der Waals surface area contributed by atoms with Crippen LogP contribution in [0.25, 0.3) is 0 Å². The zero-order chi connectivity index (χ0) is 22.1. The van der Waals surface area contributed by atoms with Gasteiger partial charge in [-0.25, -0.2) is 17.2 Å². The van der Waals surface area contributed by atoms with Crippen LogP contribution < -0.4 is 9.46 Å². The van der Waals surface area contributed by atoms with Gasteiger partial charge in [0.25, 0.3) is 10.0 Å². The van der Waals surface area contributed by atoms with Crippen LogP contribution in [0.2, 0.25) is 0 Å². The lowest BCUT2D eigenvalue weighted by Gasteiger charge is -2.12. The molecule has 10 heteroatoms. The van der Waals surface area contributed by atoms with Crippen LogP contribution in [0.5, 0.6) is 11.5 Å². The molecule has 0 amide bonds. The fourth-order valence-electron chi connectivity index (χ4n) is 2.46. The van der Waals surface area contributed by atoms with Crippen molar-refractivity contribution in [1.82, 2.24) is 0 Å². The molecule has 158 valence electrons. The Morgan fingerprint density at radius 2 is 1.40 bits per heavy atom. The molecule has 1 N–H and O–H groups in total. The second-order valence-electron chi connectivity index (χ2n) is 6.31. The molecular weight excluding hydrogens is 429 g/mol. The quantitative estimate of drug-likeness (QED) is 0.501. The number of nitrogens with one attached hydrogen (secondary N) is 1. The van der Waals surface area contributed by atoms with Crippen LogP contribution in [0.4, 0.5) is 27.6 Å². The number of alkyl halides is 3. The van der Waals surface area contributed by atoms with E-state index in [9.17, 15) is 30.4 Å². The molecule has 0 fully saturated rings. The van der Waals surface area contributed by atoms with Gasteiger partial charge in [-0.3, -0.25) is 4.72 Å². The van der Waals surface area contributed by atoms with E-state index in [4.69, 9.17) is 4.74 Å². The number of hydrogen-bond acceptors (Lipinski definition) is 3. The normalized spacial score (nSPS) is 11.9. The standard InChI is InChI=1S/C20H14F5NO3S/c1-12-2-8-16(9-3-12)30(27,28)26-14-4-6-15(7-5-14)29-19-17(21)10-13(11-18(19)22)20(23,24)25/h2-11,26H,1H3. The molecule has 0 aliphatic heterocycles. The molecule has 30 heavy (non-hydrogen) atoms. The van der Waals surface area contributed by atoms with E-state index in [0.717, 1.165) is 5.56 Å². The number of rotatable bonds is 5. The van der Waals surface area contributed by atoms with Crippen molar-refractivity contribution < 1.29 is 35.1 Å². The van der Waals surface area contributed by atoms with E-state index in [2.05, 4.69) is 4.72 Å². The van der Waals surface area contributed by atoms with Crippen molar-refractivity contribution in [3.63, 3.8) is 0 Å². The van der Waals surface area contributed by atoms with Crippen molar-refractivity contribution in [2.45, 2.75) is 18.0 Å². The number of sulfonamides is 1. The summed E-state index contributed by atoms with van der Waals surface area (Å²) in [7, 11) is -3.85. The first-order valence-electron chi connectivity index (χ1n) is 8.39. The van der Waals surface area contributed by atoms with Gasteiger partial charge in [0.2, 0.25) is 0 Å². The maximum absolute atomic E-state index is 13.9. The second-order valence-corrected chi connectivity index (χ2v) is 7.99. The summed E-state index contributed by atoms with van der Waals surface area (Å²) in [6, 6.07) is 11.4. The van der Waals surface area contributed by atoms with E-state index in [0.29, 0.717) is 0 Å². The lowest BCUT2D eigenvalue weighted by Crippen LogP contribution is -2.12. The summed E-state index contributed by atoms with van der Waals surface area (Å²) in [6.45, 7) is 1.81. The molecule has 0 aliphatic carbocycles. The van der Waals surface area contributed by atoms with Crippen molar-refractivity contribution in [1.29, 1.82) is 0 Å². The summed E-state index contributed by atoms with van der Waals surface area (Å²) in [4.78, 5) is 0.0438. The molecule has 0 unspecified atom stereocenters. The molecule has 3 aromatic rings. The molecule has 3 aromatic carbocycles. The van der Waals surface area contributed by atoms with E-state index in [1.807, 2.05) is 6.92 Å². The predicted octanol–water partition coefficient (Wildman–Crippen LogP) is 5.89. The average molecular weight is 443 g/mol. The van der Waals surface area contributed by atoms with Crippen LogP contribution in [0.15, 0.2) is 65.6 Å². The van der Waals surface area contributed by atoms with E-state index in [1.165, 1.54) is 36.4 Å². The van der Waals surface area contributed by atoms with Gasteiger partial charge >= 0.3 is 6.18 Å². The Balaban J connectivity index is 1.77. The number of aryl methyl sites for hydroxylation is 1. The van der Waals surface area contributed by atoms with Gasteiger partial charge in [-0.1, -0.05) is 17.7 Å². The third-order valence-electron chi connectivity index (χ3n) is 3.98. The molecule has 4 nitrogen and oxygen atoms in total. The fourth-order valence-corrected chi connectivity index (χ4v) is 3.52. The van der Waals surface area contributed by atoms with E-state index in [-0.39, 0.29) is 28.5 Å². The number of anilines is 1. The predicted molar refractivity (Wildman–Crippen MR) is 99.9 cm³/mol. The van der Waals surface area contributed by atoms with Gasteiger partial charge in [0, 0.05) is 5.69 Å². The Labute approximate surface area is 169 Å². The highest BCUT2D eigenvalue weighted by Crippen LogP contribution is 2.35. The lowest BCUT2D eigenvalue weighted by molar-refractivity contribution is -0.138. The molecule has 0 heterocycles. The van der Waals surface area contributed by atoms with Gasteiger partial charge in [0.15, 0.2) is 17.4 Å². The number of halogens is 5. The Kier molecular flexibility index (Phi) is 5.71.